The Morgan fingerprint density at radius 3 is 2.05 bits per heavy atom. The number of unbranched alkanes of at least 4 members (excludes halogenated alkanes) is 2. The van der Waals surface area contributed by atoms with Crippen LogP contribution in [0.2, 0.25) is 0 Å². The van der Waals surface area contributed by atoms with Crippen LogP contribution in [0, 0.1) is 0 Å². The second kappa shape index (κ2) is 11.4. The maximum Gasteiger partial charge on any atom is 0.278 e. The summed E-state index contributed by atoms with van der Waals surface area (Å²) in [6, 6.07) is 0. The first kappa shape index (κ1) is 18.9. The first-order valence-corrected chi connectivity index (χ1v) is 9.26. The molecule has 0 aromatic rings. The molecule has 0 amide bonds. The molecule has 0 radical (unpaired) electrons. The van der Waals surface area contributed by atoms with Crippen molar-refractivity contribution >= 4 is 0 Å². The summed E-state index contributed by atoms with van der Waals surface area (Å²) in [6.07, 6.45) is 16.6. The Bertz CT molecular complexity index is 241. The lowest BCUT2D eigenvalue weighted by Crippen LogP contribution is -2.36. The third-order valence-electron chi connectivity index (χ3n) is 4.51. The average molecular weight is 300 g/mol. The number of aliphatic hydroxyl groups is 2. The number of hydrogen-bond acceptors (Lipinski definition) is 3. The van der Waals surface area contributed by atoms with Gasteiger partial charge >= 0.3 is 0 Å². The van der Waals surface area contributed by atoms with E-state index in [4.69, 9.17) is 4.74 Å². The summed E-state index contributed by atoms with van der Waals surface area (Å²) in [5.74, 6) is -1.92. The van der Waals surface area contributed by atoms with Crippen LogP contribution < -0.4 is 0 Å². The molecule has 0 aromatic carbocycles. The highest BCUT2D eigenvalue weighted by Gasteiger charge is 2.27. The monoisotopic (exact) mass is 300 g/mol. The molecule has 0 bridgehead atoms. The molecule has 0 unspecified atom stereocenters. The van der Waals surface area contributed by atoms with Crippen LogP contribution >= 0.6 is 0 Å². The van der Waals surface area contributed by atoms with Gasteiger partial charge in [-0.3, -0.25) is 0 Å². The third kappa shape index (κ3) is 10.3. The van der Waals surface area contributed by atoms with Gasteiger partial charge in [0.05, 0.1) is 6.10 Å². The summed E-state index contributed by atoms with van der Waals surface area (Å²) in [4.78, 5) is 0. The molecule has 21 heavy (non-hydrogen) atoms. The fourth-order valence-corrected chi connectivity index (χ4v) is 3.17. The van der Waals surface area contributed by atoms with E-state index in [0.717, 1.165) is 38.5 Å². The van der Waals surface area contributed by atoms with Gasteiger partial charge in [0.2, 0.25) is 0 Å². The Balaban J connectivity index is 2.44. The smallest absolute Gasteiger partial charge is 0.278 e. The van der Waals surface area contributed by atoms with Crippen LogP contribution in [0.5, 0.6) is 0 Å². The van der Waals surface area contributed by atoms with Gasteiger partial charge in [-0.2, -0.15) is 0 Å². The Morgan fingerprint density at radius 2 is 1.43 bits per heavy atom. The minimum absolute atomic E-state index is 0.00879. The molecule has 1 aliphatic heterocycles. The largest absolute Gasteiger partial charge is 0.343 e. The molecule has 3 nitrogen and oxygen atoms in total. The lowest BCUT2D eigenvalue weighted by Gasteiger charge is -2.28. The van der Waals surface area contributed by atoms with Gasteiger partial charge in [-0.05, 0) is 19.3 Å². The molecule has 1 atom stereocenters. The molecule has 0 saturated carbocycles. The molecule has 1 rings (SSSR count). The molecule has 0 aromatic heterocycles. The number of rotatable bonds is 4. The predicted molar refractivity (Wildman–Crippen MR) is 87.0 cm³/mol. The fraction of sp³-hybridized carbons (Fsp3) is 1.00. The van der Waals surface area contributed by atoms with Gasteiger partial charge in [0.25, 0.3) is 5.97 Å². The van der Waals surface area contributed by atoms with Crippen LogP contribution in [-0.2, 0) is 4.74 Å². The zero-order valence-electron chi connectivity index (χ0n) is 14.0. The van der Waals surface area contributed by atoms with Crippen molar-refractivity contribution in [2.24, 2.45) is 0 Å². The normalized spacial score (nSPS) is 26.1. The van der Waals surface area contributed by atoms with E-state index in [-0.39, 0.29) is 6.10 Å². The van der Waals surface area contributed by atoms with E-state index in [1.807, 2.05) is 0 Å². The summed E-state index contributed by atoms with van der Waals surface area (Å²) >= 11 is 0. The molecule has 1 fully saturated rings. The first-order chi connectivity index (χ1) is 10.1. The van der Waals surface area contributed by atoms with E-state index >= 15 is 0 Å². The number of hydrogen-bond donors (Lipinski definition) is 2. The summed E-state index contributed by atoms with van der Waals surface area (Å²) in [5.41, 5.74) is 0. The number of ether oxygens (including phenoxy) is 1. The maximum atomic E-state index is 10.0. The molecular formula is C18H36O3. The van der Waals surface area contributed by atoms with Crippen molar-refractivity contribution in [1.29, 1.82) is 0 Å². The highest BCUT2D eigenvalue weighted by Crippen LogP contribution is 2.23. The Labute approximate surface area is 131 Å². The van der Waals surface area contributed by atoms with Crippen molar-refractivity contribution in [2.45, 2.75) is 115 Å². The van der Waals surface area contributed by atoms with E-state index in [9.17, 15) is 10.2 Å². The van der Waals surface area contributed by atoms with Crippen LogP contribution in [0.1, 0.15) is 103 Å². The molecule has 3 heteroatoms. The highest BCUT2D eigenvalue weighted by molar-refractivity contribution is 4.64. The second-order valence-electron chi connectivity index (χ2n) is 6.70. The quantitative estimate of drug-likeness (QED) is 0.574. The third-order valence-corrected chi connectivity index (χ3v) is 4.51. The maximum absolute atomic E-state index is 10.0. The highest BCUT2D eigenvalue weighted by atomic mass is 16.8. The van der Waals surface area contributed by atoms with Gasteiger partial charge in [0.1, 0.15) is 0 Å². The Morgan fingerprint density at radius 1 is 0.857 bits per heavy atom. The van der Waals surface area contributed by atoms with Crippen molar-refractivity contribution in [1.82, 2.24) is 0 Å². The van der Waals surface area contributed by atoms with Gasteiger partial charge in [0.15, 0.2) is 0 Å². The molecule has 0 spiro atoms. The van der Waals surface area contributed by atoms with Crippen molar-refractivity contribution in [3.63, 3.8) is 0 Å². The van der Waals surface area contributed by atoms with Crippen LogP contribution in [0.25, 0.3) is 0 Å². The standard InChI is InChI=1S/C18H36O3/c1-2-3-11-14-17-15-12-9-7-5-4-6-8-10-13-16-18(19,20)21-17/h17,19-20H,2-16H2,1H3/t17-/m1/s1. The van der Waals surface area contributed by atoms with E-state index in [2.05, 4.69) is 6.92 Å². The molecule has 1 heterocycles. The van der Waals surface area contributed by atoms with Gasteiger partial charge in [-0.1, -0.05) is 77.6 Å². The van der Waals surface area contributed by atoms with Crippen LogP contribution in [-0.4, -0.2) is 22.3 Å². The van der Waals surface area contributed by atoms with E-state index in [1.54, 1.807) is 0 Å². The van der Waals surface area contributed by atoms with E-state index < -0.39 is 5.97 Å². The lowest BCUT2D eigenvalue weighted by atomic mass is 10.0. The van der Waals surface area contributed by atoms with Crippen LogP contribution in [0.15, 0.2) is 0 Å². The van der Waals surface area contributed by atoms with Crippen molar-refractivity contribution in [2.75, 3.05) is 0 Å². The topological polar surface area (TPSA) is 49.7 Å². The van der Waals surface area contributed by atoms with E-state index in [1.165, 1.54) is 51.4 Å². The fourth-order valence-electron chi connectivity index (χ4n) is 3.17. The minimum Gasteiger partial charge on any atom is -0.343 e. The summed E-state index contributed by atoms with van der Waals surface area (Å²) in [7, 11) is 0. The lowest BCUT2D eigenvalue weighted by molar-refractivity contribution is -0.358. The van der Waals surface area contributed by atoms with Gasteiger partial charge in [-0.25, -0.2) is 0 Å². The van der Waals surface area contributed by atoms with Crippen LogP contribution in [0.4, 0.5) is 0 Å². The van der Waals surface area contributed by atoms with Crippen LogP contribution in [0.3, 0.4) is 0 Å². The Hall–Kier alpha value is -0.120. The average Bonchev–Trinajstić information content (AvgIpc) is 2.43. The first-order valence-electron chi connectivity index (χ1n) is 9.26. The molecule has 1 saturated heterocycles. The van der Waals surface area contributed by atoms with Crippen molar-refractivity contribution in [3.8, 4) is 0 Å². The summed E-state index contributed by atoms with van der Waals surface area (Å²) in [6.45, 7) is 2.19. The van der Waals surface area contributed by atoms with E-state index in [0.29, 0.717) is 6.42 Å². The predicted octanol–water partition coefficient (Wildman–Crippen LogP) is 4.90. The SMILES string of the molecule is CCCCC[C@@H]1CCCCCCCCCCCC(O)(O)O1. The summed E-state index contributed by atoms with van der Waals surface area (Å²) < 4.78 is 5.64. The molecular weight excluding hydrogens is 264 g/mol. The molecule has 0 aliphatic carbocycles. The zero-order chi connectivity index (χ0) is 15.4. The molecule has 1 aliphatic rings. The zero-order valence-corrected chi connectivity index (χ0v) is 14.0. The Kier molecular flexibility index (Phi) is 10.3. The molecule has 2 N–H and O–H groups in total. The van der Waals surface area contributed by atoms with Crippen molar-refractivity contribution in [3.05, 3.63) is 0 Å². The van der Waals surface area contributed by atoms with Gasteiger partial charge < -0.3 is 14.9 Å². The molecule has 126 valence electrons. The second-order valence-corrected chi connectivity index (χ2v) is 6.70. The van der Waals surface area contributed by atoms with Gasteiger partial charge in [0, 0.05) is 6.42 Å². The van der Waals surface area contributed by atoms with Gasteiger partial charge in [-0.15, -0.1) is 0 Å². The summed E-state index contributed by atoms with van der Waals surface area (Å²) in [5, 5.41) is 20.1. The van der Waals surface area contributed by atoms with Crippen molar-refractivity contribution < 1.29 is 14.9 Å². The minimum atomic E-state index is -1.92.